The average molecular weight is 276 g/mol. The molecule has 0 aromatic heterocycles. The minimum atomic E-state index is -0.338. The molecule has 1 saturated heterocycles. The lowest BCUT2D eigenvalue weighted by Gasteiger charge is -2.15. The molecule has 3 N–H and O–H groups in total. The summed E-state index contributed by atoms with van der Waals surface area (Å²) in [6.45, 7) is 7.29. The van der Waals surface area contributed by atoms with E-state index < -0.39 is 0 Å². The quantitative estimate of drug-likeness (QED) is 0.880. The van der Waals surface area contributed by atoms with E-state index in [1.54, 1.807) is 0 Å². The number of ether oxygens (including phenoxy) is 1. The number of carbonyl (C=O) groups excluding carboxylic acids is 1. The summed E-state index contributed by atoms with van der Waals surface area (Å²) < 4.78 is 5.60. The van der Waals surface area contributed by atoms with E-state index >= 15 is 0 Å². The van der Waals surface area contributed by atoms with E-state index in [0.29, 0.717) is 13.1 Å². The van der Waals surface area contributed by atoms with Gasteiger partial charge in [0.05, 0.1) is 6.10 Å². The highest BCUT2D eigenvalue weighted by Crippen LogP contribution is 2.20. The van der Waals surface area contributed by atoms with E-state index in [0.717, 1.165) is 12.8 Å². The van der Waals surface area contributed by atoms with Crippen molar-refractivity contribution in [3.63, 3.8) is 0 Å². The normalized spacial score (nSPS) is 22.0. The first-order valence-electron chi connectivity index (χ1n) is 7.21. The maximum atomic E-state index is 12.1. The maximum absolute atomic E-state index is 12.1. The van der Waals surface area contributed by atoms with E-state index in [-0.39, 0.29) is 18.1 Å². The van der Waals surface area contributed by atoms with Crippen molar-refractivity contribution in [3.8, 4) is 0 Å². The van der Waals surface area contributed by atoms with Gasteiger partial charge in [0.1, 0.15) is 6.10 Å². The first-order valence-corrected chi connectivity index (χ1v) is 7.21. The molecule has 0 aliphatic carbocycles. The van der Waals surface area contributed by atoms with Gasteiger partial charge in [0.2, 0.25) is 5.91 Å². The Morgan fingerprint density at radius 3 is 2.50 bits per heavy atom. The molecule has 0 radical (unpaired) electrons. The van der Waals surface area contributed by atoms with Crippen molar-refractivity contribution in [2.75, 3.05) is 6.54 Å². The van der Waals surface area contributed by atoms with E-state index in [9.17, 15) is 4.79 Å². The van der Waals surface area contributed by atoms with Crippen molar-refractivity contribution in [1.82, 2.24) is 5.32 Å². The van der Waals surface area contributed by atoms with Gasteiger partial charge in [-0.1, -0.05) is 17.7 Å². The van der Waals surface area contributed by atoms with Crippen LogP contribution in [0.4, 0.5) is 0 Å². The van der Waals surface area contributed by atoms with E-state index in [1.807, 2.05) is 0 Å². The number of benzene rings is 1. The molecule has 1 aromatic carbocycles. The van der Waals surface area contributed by atoms with Crippen LogP contribution in [0.1, 0.15) is 35.1 Å². The molecule has 2 rings (SSSR count). The van der Waals surface area contributed by atoms with Crippen molar-refractivity contribution in [2.24, 2.45) is 5.73 Å². The second-order valence-corrected chi connectivity index (χ2v) is 5.65. The van der Waals surface area contributed by atoms with Crippen LogP contribution in [-0.2, 0) is 16.1 Å². The Labute approximate surface area is 120 Å². The average Bonchev–Trinajstić information content (AvgIpc) is 2.86. The minimum absolute atomic E-state index is 0.0275. The molecular weight excluding hydrogens is 252 g/mol. The summed E-state index contributed by atoms with van der Waals surface area (Å²) in [5.74, 6) is -0.0275. The lowest BCUT2D eigenvalue weighted by molar-refractivity contribution is -0.132. The Morgan fingerprint density at radius 2 is 1.95 bits per heavy atom. The predicted octanol–water partition coefficient (Wildman–Crippen LogP) is 1.73. The highest BCUT2D eigenvalue weighted by atomic mass is 16.5. The molecule has 0 unspecified atom stereocenters. The fourth-order valence-corrected chi connectivity index (χ4v) is 2.85. The lowest BCUT2D eigenvalue weighted by atomic mass is 10.00. The smallest absolute Gasteiger partial charge is 0.249 e. The summed E-state index contributed by atoms with van der Waals surface area (Å²) >= 11 is 0. The molecule has 0 spiro atoms. The summed E-state index contributed by atoms with van der Waals surface area (Å²) in [5.41, 5.74) is 10.4. The van der Waals surface area contributed by atoms with Gasteiger partial charge >= 0.3 is 0 Å². The van der Waals surface area contributed by atoms with Gasteiger partial charge in [-0.2, -0.15) is 0 Å². The van der Waals surface area contributed by atoms with Gasteiger partial charge in [-0.05, 0) is 50.3 Å². The Bertz CT molecular complexity index is 476. The molecular formula is C16H24N2O2. The molecule has 1 fully saturated rings. The number of nitrogens with one attached hydrogen (secondary N) is 1. The number of amides is 1. The Kier molecular flexibility index (Phi) is 4.78. The molecule has 1 aromatic rings. The zero-order chi connectivity index (χ0) is 14.7. The summed E-state index contributed by atoms with van der Waals surface area (Å²) in [5, 5.41) is 2.98. The summed E-state index contributed by atoms with van der Waals surface area (Å²) in [6.07, 6.45) is 1.33. The van der Waals surface area contributed by atoms with Gasteiger partial charge in [-0.25, -0.2) is 0 Å². The van der Waals surface area contributed by atoms with Gasteiger partial charge in [0.25, 0.3) is 0 Å². The first-order chi connectivity index (χ1) is 9.51. The van der Waals surface area contributed by atoms with Gasteiger partial charge in [0.15, 0.2) is 0 Å². The van der Waals surface area contributed by atoms with Crippen LogP contribution in [0.15, 0.2) is 12.1 Å². The number of aryl methyl sites for hydroxylation is 3. The van der Waals surface area contributed by atoms with Gasteiger partial charge in [-0.3, -0.25) is 4.79 Å². The number of nitrogens with two attached hydrogens (primary N) is 1. The third-order valence-electron chi connectivity index (χ3n) is 3.94. The zero-order valence-corrected chi connectivity index (χ0v) is 12.5. The van der Waals surface area contributed by atoms with Crippen LogP contribution in [-0.4, -0.2) is 24.7 Å². The fraction of sp³-hybridized carbons (Fsp3) is 0.562. The number of rotatable bonds is 4. The van der Waals surface area contributed by atoms with Crippen molar-refractivity contribution >= 4 is 5.91 Å². The third-order valence-corrected chi connectivity index (χ3v) is 3.94. The van der Waals surface area contributed by atoms with Crippen molar-refractivity contribution in [2.45, 2.75) is 52.4 Å². The highest BCUT2D eigenvalue weighted by Gasteiger charge is 2.29. The van der Waals surface area contributed by atoms with Crippen molar-refractivity contribution in [1.29, 1.82) is 0 Å². The summed E-state index contributed by atoms with van der Waals surface area (Å²) in [4.78, 5) is 12.1. The number of hydrogen-bond donors (Lipinski definition) is 2. The highest BCUT2D eigenvalue weighted by molar-refractivity contribution is 5.81. The largest absolute Gasteiger partial charge is 0.364 e. The summed E-state index contributed by atoms with van der Waals surface area (Å²) in [7, 11) is 0. The Morgan fingerprint density at radius 1 is 1.30 bits per heavy atom. The van der Waals surface area contributed by atoms with Gasteiger partial charge in [0, 0.05) is 13.1 Å². The van der Waals surface area contributed by atoms with Crippen LogP contribution in [0.3, 0.4) is 0 Å². The topological polar surface area (TPSA) is 64.4 Å². The molecule has 0 saturated carbocycles. The molecule has 2 atom stereocenters. The molecule has 1 aliphatic heterocycles. The second kappa shape index (κ2) is 6.37. The van der Waals surface area contributed by atoms with Gasteiger partial charge in [-0.15, -0.1) is 0 Å². The van der Waals surface area contributed by atoms with E-state index in [2.05, 4.69) is 38.2 Å². The van der Waals surface area contributed by atoms with Crippen molar-refractivity contribution in [3.05, 3.63) is 34.4 Å². The molecule has 1 heterocycles. The van der Waals surface area contributed by atoms with E-state index in [1.165, 1.54) is 22.3 Å². The molecule has 20 heavy (non-hydrogen) atoms. The van der Waals surface area contributed by atoms with E-state index in [4.69, 9.17) is 10.5 Å². The SMILES string of the molecule is Cc1cc(C)c(CNC(=O)[C@@H]2CC[C@H](CN)O2)c(C)c1. The minimum Gasteiger partial charge on any atom is -0.364 e. The molecule has 1 amide bonds. The Balaban J connectivity index is 1.94. The molecule has 4 nitrogen and oxygen atoms in total. The number of carbonyl (C=O) groups is 1. The standard InChI is InChI=1S/C16H24N2O2/c1-10-6-11(2)14(12(3)7-10)9-18-16(19)15-5-4-13(8-17)20-15/h6-7,13,15H,4-5,8-9,17H2,1-3H3,(H,18,19)/t13-,15+/m1/s1. The summed E-state index contributed by atoms with van der Waals surface area (Å²) in [6, 6.07) is 4.29. The molecule has 1 aliphatic rings. The second-order valence-electron chi connectivity index (χ2n) is 5.65. The Hall–Kier alpha value is -1.39. The fourth-order valence-electron chi connectivity index (χ4n) is 2.85. The van der Waals surface area contributed by atoms with Crippen LogP contribution in [0, 0.1) is 20.8 Å². The first kappa shape index (κ1) is 15.0. The predicted molar refractivity (Wildman–Crippen MR) is 79.4 cm³/mol. The monoisotopic (exact) mass is 276 g/mol. The van der Waals surface area contributed by atoms with Crippen LogP contribution >= 0.6 is 0 Å². The van der Waals surface area contributed by atoms with Crippen LogP contribution in [0.25, 0.3) is 0 Å². The van der Waals surface area contributed by atoms with Crippen LogP contribution in [0.5, 0.6) is 0 Å². The third kappa shape index (κ3) is 3.38. The molecule has 0 bridgehead atoms. The maximum Gasteiger partial charge on any atom is 0.249 e. The van der Waals surface area contributed by atoms with Crippen LogP contribution < -0.4 is 11.1 Å². The lowest BCUT2D eigenvalue weighted by Crippen LogP contribution is -2.35. The van der Waals surface area contributed by atoms with Crippen molar-refractivity contribution < 1.29 is 9.53 Å². The molecule has 4 heteroatoms. The zero-order valence-electron chi connectivity index (χ0n) is 12.5. The van der Waals surface area contributed by atoms with Crippen LogP contribution in [0.2, 0.25) is 0 Å². The number of hydrogen-bond acceptors (Lipinski definition) is 3. The van der Waals surface area contributed by atoms with Gasteiger partial charge < -0.3 is 15.8 Å². The molecule has 110 valence electrons.